The van der Waals surface area contributed by atoms with Gasteiger partial charge < -0.3 is 16.0 Å². The zero-order chi connectivity index (χ0) is 21.5. The lowest BCUT2D eigenvalue weighted by Gasteiger charge is -2.12. The molecule has 0 saturated heterocycles. The number of rotatable bonds is 6. The summed E-state index contributed by atoms with van der Waals surface area (Å²) in [5.74, 6) is -1.23. The van der Waals surface area contributed by atoms with E-state index in [1.165, 1.54) is 0 Å². The third-order valence-electron chi connectivity index (χ3n) is 4.08. The predicted octanol–water partition coefficient (Wildman–Crippen LogP) is 4.72. The van der Waals surface area contributed by atoms with Gasteiger partial charge in [-0.1, -0.05) is 35.9 Å². The number of carbonyl (C=O) groups excluding carboxylic acids is 3. The molecule has 0 aromatic heterocycles. The molecule has 0 aliphatic heterocycles. The first-order chi connectivity index (χ1) is 14.4. The van der Waals surface area contributed by atoms with Crippen molar-refractivity contribution in [1.29, 1.82) is 0 Å². The summed E-state index contributed by atoms with van der Waals surface area (Å²) in [6.07, 6.45) is 0. The highest BCUT2D eigenvalue weighted by molar-refractivity contribution is 9.10. The van der Waals surface area contributed by atoms with Gasteiger partial charge in [0.25, 0.3) is 11.8 Å². The van der Waals surface area contributed by atoms with E-state index >= 15 is 0 Å². The van der Waals surface area contributed by atoms with Crippen molar-refractivity contribution in [3.8, 4) is 0 Å². The van der Waals surface area contributed by atoms with E-state index in [-0.39, 0.29) is 23.9 Å². The molecule has 6 nitrogen and oxygen atoms in total. The normalized spacial score (nSPS) is 10.2. The third-order valence-corrected chi connectivity index (χ3v) is 5.02. The molecule has 0 radical (unpaired) electrons. The average Bonchev–Trinajstić information content (AvgIpc) is 2.74. The van der Waals surface area contributed by atoms with Crippen LogP contribution in [0, 0.1) is 0 Å². The number of amides is 3. The third kappa shape index (κ3) is 5.68. The lowest BCUT2D eigenvalue weighted by Crippen LogP contribution is -2.33. The number of hydrogen-bond acceptors (Lipinski definition) is 3. The summed E-state index contributed by atoms with van der Waals surface area (Å²) in [6, 6.07) is 20.2. The molecule has 3 aromatic rings. The molecule has 0 fully saturated rings. The van der Waals surface area contributed by atoms with Crippen molar-refractivity contribution in [3.63, 3.8) is 0 Å². The zero-order valence-corrected chi connectivity index (χ0v) is 18.0. The monoisotopic (exact) mass is 485 g/mol. The molecular formula is C22H17BrClN3O3. The molecule has 8 heteroatoms. The number of para-hydroxylation sites is 1. The molecule has 0 unspecified atom stereocenters. The molecular weight excluding hydrogens is 470 g/mol. The van der Waals surface area contributed by atoms with Crippen molar-refractivity contribution in [2.24, 2.45) is 0 Å². The molecule has 3 N–H and O–H groups in total. The second-order valence-corrected chi connectivity index (χ2v) is 7.51. The summed E-state index contributed by atoms with van der Waals surface area (Å²) in [5, 5.41) is 8.52. The van der Waals surface area contributed by atoms with Crippen LogP contribution in [0.1, 0.15) is 20.7 Å². The van der Waals surface area contributed by atoms with E-state index in [0.717, 1.165) is 0 Å². The number of hydrogen-bond donors (Lipinski definition) is 3. The van der Waals surface area contributed by atoms with Crippen molar-refractivity contribution in [2.45, 2.75) is 0 Å². The Hall–Kier alpha value is -3.16. The molecule has 30 heavy (non-hydrogen) atoms. The first kappa shape index (κ1) is 21.5. The highest BCUT2D eigenvalue weighted by atomic mass is 79.9. The molecule has 3 amide bonds. The topological polar surface area (TPSA) is 87.3 Å². The number of anilines is 2. The van der Waals surface area contributed by atoms with Crippen LogP contribution in [0.25, 0.3) is 0 Å². The molecule has 0 aliphatic carbocycles. The average molecular weight is 487 g/mol. The fraction of sp³-hybridized carbons (Fsp3) is 0.0455. The van der Waals surface area contributed by atoms with Crippen LogP contribution in [0.2, 0.25) is 5.02 Å². The van der Waals surface area contributed by atoms with Gasteiger partial charge >= 0.3 is 0 Å². The van der Waals surface area contributed by atoms with Gasteiger partial charge in [-0.3, -0.25) is 14.4 Å². The maximum atomic E-state index is 12.6. The smallest absolute Gasteiger partial charge is 0.256 e. The highest BCUT2D eigenvalue weighted by Gasteiger charge is 2.16. The minimum atomic E-state index is -0.482. The van der Waals surface area contributed by atoms with Crippen molar-refractivity contribution >= 4 is 56.6 Å². The van der Waals surface area contributed by atoms with Gasteiger partial charge in [-0.15, -0.1) is 0 Å². The Bertz CT molecular complexity index is 1090. The van der Waals surface area contributed by atoms with E-state index < -0.39 is 5.91 Å². The fourth-order valence-corrected chi connectivity index (χ4v) is 3.21. The number of nitrogens with one attached hydrogen (secondary N) is 3. The molecule has 0 bridgehead atoms. The van der Waals surface area contributed by atoms with Crippen molar-refractivity contribution in [3.05, 3.63) is 93.4 Å². The Kier molecular flexibility index (Phi) is 7.21. The Morgan fingerprint density at radius 3 is 2.10 bits per heavy atom. The van der Waals surface area contributed by atoms with E-state index in [2.05, 4.69) is 31.9 Å². The molecule has 0 atom stereocenters. The van der Waals surface area contributed by atoms with E-state index in [0.29, 0.717) is 26.4 Å². The van der Waals surface area contributed by atoms with Gasteiger partial charge in [0.05, 0.1) is 23.4 Å². The minimum Gasteiger partial charge on any atom is -0.343 e. The van der Waals surface area contributed by atoms with Crippen LogP contribution < -0.4 is 16.0 Å². The molecule has 0 aliphatic rings. The first-order valence-electron chi connectivity index (χ1n) is 8.92. The van der Waals surface area contributed by atoms with E-state index in [4.69, 9.17) is 11.6 Å². The summed E-state index contributed by atoms with van der Waals surface area (Å²) in [7, 11) is 0. The van der Waals surface area contributed by atoms with Gasteiger partial charge in [0, 0.05) is 15.2 Å². The molecule has 152 valence electrons. The van der Waals surface area contributed by atoms with E-state index in [1.54, 1.807) is 72.8 Å². The predicted molar refractivity (Wildman–Crippen MR) is 121 cm³/mol. The van der Waals surface area contributed by atoms with Gasteiger partial charge in [-0.2, -0.15) is 0 Å². The largest absolute Gasteiger partial charge is 0.343 e. The summed E-state index contributed by atoms with van der Waals surface area (Å²) < 4.78 is 0.642. The minimum absolute atomic E-state index is 0.228. The lowest BCUT2D eigenvalue weighted by atomic mass is 10.1. The van der Waals surface area contributed by atoms with Crippen LogP contribution in [-0.4, -0.2) is 24.3 Å². The van der Waals surface area contributed by atoms with Gasteiger partial charge in [0.15, 0.2) is 0 Å². The quantitative estimate of drug-likeness (QED) is 0.471. The van der Waals surface area contributed by atoms with E-state index in [9.17, 15) is 14.4 Å². The molecule has 0 saturated carbocycles. The zero-order valence-electron chi connectivity index (χ0n) is 15.6. The van der Waals surface area contributed by atoms with Crippen LogP contribution in [0.3, 0.4) is 0 Å². The van der Waals surface area contributed by atoms with Crippen LogP contribution in [0.5, 0.6) is 0 Å². The Morgan fingerprint density at radius 1 is 0.767 bits per heavy atom. The van der Waals surface area contributed by atoms with Gasteiger partial charge in [0.2, 0.25) is 5.91 Å². The van der Waals surface area contributed by atoms with Gasteiger partial charge in [0.1, 0.15) is 0 Å². The molecule has 0 spiro atoms. The second kappa shape index (κ2) is 10.0. The van der Waals surface area contributed by atoms with Gasteiger partial charge in [-0.25, -0.2) is 0 Å². The maximum Gasteiger partial charge on any atom is 0.256 e. The van der Waals surface area contributed by atoms with Crippen LogP contribution in [-0.2, 0) is 4.79 Å². The highest BCUT2D eigenvalue weighted by Crippen LogP contribution is 2.20. The van der Waals surface area contributed by atoms with Gasteiger partial charge in [-0.05, 0) is 64.5 Å². The van der Waals surface area contributed by atoms with Crippen LogP contribution in [0.15, 0.2) is 77.3 Å². The van der Waals surface area contributed by atoms with Crippen LogP contribution in [0.4, 0.5) is 11.4 Å². The fourth-order valence-electron chi connectivity index (χ4n) is 2.62. The van der Waals surface area contributed by atoms with Crippen LogP contribution >= 0.6 is 27.5 Å². The van der Waals surface area contributed by atoms with Crippen molar-refractivity contribution in [1.82, 2.24) is 5.32 Å². The molecule has 3 rings (SSSR count). The van der Waals surface area contributed by atoms with Crippen molar-refractivity contribution in [2.75, 3.05) is 17.2 Å². The summed E-state index contributed by atoms with van der Waals surface area (Å²) in [6.45, 7) is -0.228. The Morgan fingerprint density at radius 2 is 1.40 bits per heavy atom. The van der Waals surface area contributed by atoms with E-state index in [1.807, 2.05) is 0 Å². The molecule has 0 heterocycles. The summed E-state index contributed by atoms with van der Waals surface area (Å²) >= 11 is 9.15. The number of halogens is 2. The summed E-state index contributed by atoms with van der Waals surface area (Å²) in [5.41, 5.74) is 1.60. The standard InChI is InChI=1S/C22H17BrClN3O3/c23-18-7-3-1-5-16(18)22(30)27-19-8-4-2-6-17(19)21(29)25-13-20(28)26-15-11-9-14(24)10-12-15/h1-12H,13H2,(H,25,29)(H,26,28)(H,27,30). The number of benzene rings is 3. The Labute approximate surface area is 186 Å². The Balaban J connectivity index is 1.64. The second-order valence-electron chi connectivity index (χ2n) is 6.22. The SMILES string of the molecule is O=C(CNC(=O)c1ccccc1NC(=O)c1ccccc1Br)Nc1ccc(Cl)cc1. The first-order valence-corrected chi connectivity index (χ1v) is 10.1. The summed E-state index contributed by atoms with van der Waals surface area (Å²) in [4.78, 5) is 37.2. The maximum absolute atomic E-state index is 12.6. The molecule has 3 aromatic carbocycles. The number of carbonyl (C=O) groups is 3. The van der Waals surface area contributed by atoms with Crippen molar-refractivity contribution < 1.29 is 14.4 Å². The lowest BCUT2D eigenvalue weighted by molar-refractivity contribution is -0.115.